The van der Waals surface area contributed by atoms with Crippen LogP contribution in [-0.4, -0.2) is 70.5 Å². The van der Waals surface area contributed by atoms with Gasteiger partial charge in [0, 0.05) is 18.0 Å². The second-order valence-electron chi connectivity index (χ2n) is 6.11. The van der Waals surface area contributed by atoms with E-state index in [0.29, 0.717) is 16.7 Å². The number of rotatable bonds is 3. The van der Waals surface area contributed by atoms with Crippen molar-refractivity contribution in [2.75, 3.05) is 12.3 Å². The van der Waals surface area contributed by atoms with E-state index >= 15 is 0 Å². The minimum atomic E-state index is -1.19. The van der Waals surface area contributed by atoms with Gasteiger partial charge in [-0.05, 0) is 19.1 Å². The number of aliphatic hydroxyl groups is 3. The average molecular weight is 388 g/mol. The van der Waals surface area contributed by atoms with Crippen LogP contribution < -0.4 is 5.73 Å². The summed E-state index contributed by atoms with van der Waals surface area (Å²) in [5, 5.41) is 28.7. The van der Waals surface area contributed by atoms with Crippen LogP contribution in [0.3, 0.4) is 0 Å². The zero-order chi connectivity index (χ0) is 20.3. The molecule has 0 saturated carbocycles. The molecule has 1 aliphatic rings. The summed E-state index contributed by atoms with van der Waals surface area (Å²) < 4.78 is 6.85. The Balaban J connectivity index is 0.000000211. The number of hydrogen-bond donors (Lipinski definition) is 4. The molecule has 4 atom stereocenters. The number of aliphatic hydroxyl groups excluding tert-OH is 3. The zero-order valence-corrected chi connectivity index (χ0v) is 15.0. The van der Waals surface area contributed by atoms with Crippen LogP contribution in [-0.2, 0) is 4.74 Å². The predicted octanol–water partition coefficient (Wildman–Crippen LogP) is -0.696. The number of nitrogens with two attached hydrogens (primary N) is 1. The molecule has 11 heteroatoms. The number of fused-ring (bicyclic) bond motifs is 1. The number of pyridine rings is 1. The van der Waals surface area contributed by atoms with Crippen molar-refractivity contribution in [2.45, 2.75) is 31.5 Å². The quantitative estimate of drug-likeness (QED) is 0.421. The van der Waals surface area contributed by atoms with Gasteiger partial charge in [0.25, 0.3) is 0 Å². The molecule has 5 N–H and O–H groups in total. The van der Waals surface area contributed by atoms with Gasteiger partial charge in [-0.2, -0.15) is 0 Å². The minimum absolute atomic E-state index is 0.0584. The lowest BCUT2D eigenvalue weighted by molar-refractivity contribution is -0.0511. The molecule has 11 nitrogen and oxygen atoms in total. The topological polar surface area (TPSA) is 170 Å². The molecule has 0 bridgehead atoms. The van der Waals surface area contributed by atoms with Gasteiger partial charge in [-0.3, -0.25) is 14.3 Å². The summed E-state index contributed by atoms with van der Waals surface area (Å²) in [6, 6.07) is 3.49. The molecular formula is C17H20N6O5. The number of anilines is 1. The number of Topliss-reactive ketones (excluding diaryl/α,β-unsaturated/α-hetero) is 1. The van der Waals surface area contributed by atoms with E-state index < -0.39 is 31.1 Å². The Kier molecular flexibility index (Phi) is 5.90. The number of imidazole rings is 1. The number of hydrogen-bond acceptors (Lipinski definition) is 10. The molecule has 28 heavy (non-hydrogen) atoms. The van der Waals surface area contributed by atoms with Crippen LogP contribution in [0.5, 0.6) is 0 Å². The van der Waals surface area contributed by atoms with E-state index in [2.05, 4.69) is 19.9 Å². The number of nitrogen functional groups attached to an aromatic ring is 1. The van der Waals surface area contributed by atoms with Crippen molar-refractivity contribution < 1.29 is 24.9 Å². The molecule has 1 saturated heterocycles. The van der Waals surface area contributed by atoms with Crippen LogP contribution in [0.1, 0.15) is 23.5 Å². The van der Waals surface area contributed by atoms with Crippen LogP contribution in [0.4, 0.5) is 5.82 Å². The molecule has 1 fully saturated rings. The van der Waals surface area contributed by atoms with Gasteiger partial charge in [-0.15, -0.1) is 0 Å². The van der Waals surface area contributed by atoms with E-state index in [1.165, 1.54) is 24.1 Å². The fraction of sp³-hybridized carbons (Fsp3) is 0.353. The summed E-state index contributed by atoms with van der Waals surface area (Å²) in [6.07, 6.45) is 1.78. The molecule has 0 aliphatic carbocycles. The molecule has 4 heterocycles. The lowest BCUT2D eigenvalue weighted by Crippen LogP contribution is -2.33. The Hall–Kier alpha value is -2.99. The highest BCUT2D eigenvalue weighted by Crippen LogP contribution is 2.31. The Morgan fingerprint density at radius 1 is 1.29 bits per heavy atom. The number of carbonyl (C=O) groups excluding carboxylic acids is 1. The van der Waals surface area contributed by atoms with Gasteiger partial charge < -0.3 is 25.8 Å². The van der Waals surface area contributed by atoms with Crippen LogP contribution in [0, 0.1) is 0 Å². The largest absolute Gasteiger partial charge is 0.394 e. The Morgan fingerprint density at radius 3 is 2.64 bits per heavy atom. The summed E-state index contributed by atoms with van der Waals surface area (Å²) in [5.41, 5.74) is 7.11. The summed E-state index contributed by atoms with van der Waals surface area (Å²) in [4.78, 5) is 26.3. The van der Waals surface area contributed by atoms with Gasteiger partial charge in [0.15, 0.2) is 23.5 Å². The first-order valence-corrected chi connectivity index (χ1v) is 8.40. The average Bonchev–Trinajstić information content (AvgIpc) is 3.25. The molecule has 148 valence electrons. The fourth-order valence-electron chi connectivity index (χ4n) is 2.74. The maximum atomic E-state index is 10.6. The van der Waals surface area contributed by atoms with Crippen molar-refractivity contribution in [3.8, 4) is 0 Å². The molecule has 0 amide bonds. The number of ether oxygens (including phenoxy) is 1. The van der Waals surface area contributed by atoms with Gasteiger partial charge in [0.05, 0.1) is 12.9 Å². The Bertz CT molecular complexity index is 950. The van der Waals surface area contributed by atoms with Gasteiger partial charge in [0.2, 0.25) is 0 Å². The van der Waals surface area contributed by atoms with E-state index in [1.807, 2.05) is 0 Å². The normalized spacial score (nSPS) is 24.0. The maximum Gasteiger partial charge on any atom is 0.167 e. The lowest BCUT2D eigenvalue weighted by atomic mass is 10.1. The standard InChI is InChI=1S/C10H13N5O4.C7H7NO/c11-8-5-9(13-2-12-8)15(3-14-5)10-7(18)6(17)4(1-16)19-10;1-6(9)7-3-2-4-8-5-7/h2-4,6-7,10,16-18H,1H2,(H2,11,12,13);2-5H,1H3/t4-,6-,7-,10-;/m1./s1. The summed E-state index contributed by atoms with van der Waals surface area (Å²) in [7, 11) is 0. The molecule has 4 rings (SSSR count). The molecule has 0 radical (unpaired) electrons. The minimum Gasteiger partial charge on any atom is -0.394 e. The van der Waals surface area contributed by atoms with Crippen molar-refractivity contribution in [3.63, 3.8) is 0 Å². The smallest absolute Gasteiger partial charge is 0.167 e. The van der Waals surface area contributed by atoms with E-state index in [9.17, 15) is 15.0 Å². The van der Waals surface area contributed by atoms with E-state index in [-0.39, 0.29) is 11.6 Å². The number of nitrogens with zero attached hydrogens (tertiary/aromatic N) is 5. The lowest BCUT2D eigenvalue weighted by Gasteiger charge is -2.16. The second-order valence-corrected chi connectivity index (χ2v) is 6.11. The first kappa shape index (κ1) is 19.8. The SMILES string of the molecule is CC(=O)c1cccnc1.Nc1ncnc2c1ncn2[C@@H]1O[C@H](CO)[C@@H](O)[C@H]1O. The molecular weight excluding hydrogens is 368 g/mol. The highest BCUT2D eigenvalue weighted by molar-refractivity contribution is 5.93. The second kappa shape index (κ2) is 8.35. The van der Waals surface area contributed by atoms with Crippen molar-refractivity contribution in [3.05, 3.63) is 42.7 Å². The zero-order valence-electron chi connectivity index (χ0n) is 15.0. The van der Waals surface area contributed by atoms with E-state index in [1.54, 1.807) is 24.5 Å². The molecule has 0 spiro atoms. The van der Waals surface area contributed by atoms with Gasteiger partial charge in [-0.1, -0.05) is 0 Å². The van der Waals surface area contributed by atoms with E-state index in [0.717, 1.165) is 0 Å². The Labute approximate surface area is 159 Å². The summed E-state index contributed by atoms with van der Waals surface area (Å²) >= 11 is 0. The fourth-order valence-corrected chi connectivity index (χ4v) is 2.74. The maximum absolute atomic E-state index is 10.6. The molecule has 3 aromatic heterocycles. The van der Waals surface area contributed by atoms with Crippen LogP contribution >= 0.6 is 0 Å². The first-order valence-electron chi connectivity index (χ1n) is 8.40. The molecule has 0 aromatic carbocycles. The third kappa shape index (κ3) is 3.82. The van der Waals surface area contributed by atoms with Gasteiger partial charge in [0.1, 0.15) is 30.2 Å². The number of ketones is 1. The van der Waals surface area contributed by atoms with Gasteiger partial charge >= 0.3 is 0 Å². The van der Waals surface area contributed by atoms with E-state index in [4.69, 9.17) is 15.6 Å². The van der Waals surface area contributed by atoms with Crippen LogP contribution in [0.25, 0.3) is 11.2 Å². The van der Waals surface area contributed by atoms with Crippen molar-refractivity contribution in [2.24, 2.45) is 0 Å². The molecule has 0 unspecified atom stereocenters. The number of aromatic nitrogens is 5. The van der Waals surface area contributed by atoms with Crippen LogP contribution in [0.2, 0.25) is 0 Å². The third-order valence-corrected chi connectivity index (χ3v) is 4.25. The molecule has 3 aromatic rings. The number of carbonyl (C=O) groups is 1. The van der Waals surface area contributed by atoms with Crippen molar-refractivity contribution in [1.82, 2.24) is 24.5 Å². The van der Waals surface area contributed by atoms with Gasteiger partial charge in [-0.25, -0.2) is 15.0 Å². The molecule has 1 aliphatic heterocycles. The predicted molar refractivity (Wildman–Crippen MR) is 97.0 cm³/mol. The highest BCUT2D eigenvalue weighted by atomic mass is 16.6. The van der Waals surface area contributed by atoms with Crippen molar-refractivity contribution >= 4 is 22.8 Å². The highest BCUT2D eigenvalue weighted by Gasteiger charge is 2.43. The monoisotopic (exact) mass is 388 g/mol. The third-order valence-electron chi connectivity index (χ3n) is 4.25. The first-order chi connectivity index (χ1) is 13.4. The summed E-state index contributed by atoms with van der Waals surface area (Å²) in [6.45, 7) is 1.13. The summed E-state index contributed by atoms with van der Waals surface area (Å²) in [5.74, 6) is 0.276. The van der Waals surface area contributed by atoms with Crippen molar-refractivity contribution in [1.29, 1.82) is 0 Å². The van der Waals surface area contributed by atoms with Crippen LogP contribution in [0.15, 0.2) is 37.2 Å². The Morgan fingerprint density at radius 2 is 2.07 bits per heavy atom.